The van der Waals surface area contributed by atoms with Crippen LogP contribution >= 0.6 is 24.0 Å². The Hall–Kier alpha value is 0.150. The molecule has 16 heavy (non-hydrogen) atoms. The Bertz CT molecular complexity index is 315. The molecule has 0 rings (SSSR count). The highest BCUT2D eigenvalue weighted by Gasteiger charge is 2.26. The molecule has 0 atom stereocenters. The van der Waals surface area contributed by atoms with E-state index in [1.54, 1.807) is 11.8 Å². The van der Waals surface area contributed by atoms with Crippen molar-refractivity contribution in [1.29, 1.82) is 0 Å². The van der Waals surface area contributed by atoms with Crippen molar-refractivity contribution in [3.63, 3.8) is 0 Å². The van der Waals surface area contributed by atoms with Crippen LogP contribution in [0.15, 0.2) is 0 Å². The molecule has 0 spiro atoms. The highest BCUT2D eigenvalue weighted by molar-refractivity contribution is 8.00. The van der Waals surface area contributed by atoms with Crippen LogP contribution in [0.3, 0.4) is 0 Å². The number of hydrogen-bond donors (Lipinski definition) is 2. The molecule has 3 N–H and O–H groups in total. The van der Waals surface area contributed by atoms with Gasteiger partial charge in [-0.15, -0.1) is 0 Å². The second kappa shape index (κ2) is 6.78. The Morgan fingerprint density at radius 1 is 1.44 bits per heavy atom. The molecular formula is C9H20N2O2S3. The zero-order chi connectivity index (χ0) is 12.8. The molecule has 0 aliphatic carbocycles. The van der Waals surface area contributed by atoms with E-state index in [4.69, 9.17) is 5.73 Å². The van der Waals surface area contributed by atoms with Gasteiger partial charge in [0.25, 0.3) is 0 Å². The molecule has 0 aromatic heterocycles. The van der Waals surface area contributed by atoms with E-state index >= 15 is 0 Å². The van der Waals surface area contributed by atoms with E-state index in [9.17, 15) is 8.42 Å². The Labute approximate surface area is 108 Å². The lowest BCUT2D eigenvalue weighted by Gasteiger charge is -2.29. The summed E-state index contributed by atoms with van der Waals surface area (Å²) < 4.78 is 25.6. The van der Waals surface area contributed by atoms with Gasteiger partial charge in [-0.2, -0.15) is 11.8 Å². The Kier molecular flexibility index (Phi) is 6.84. The highest BCUT2D eigenvalue weighted by Crippen LogP contribution is 2.29. The van der Waals surface area contributed by atoms with Crippen LogP contribution in [-0.2, 0) is 10.0 Å². The van der Waals surface area contributed by atoms with Crippen molar-refractivity contribution in [1.82, 2.24) is 4.72 Å². The van der Waals surface area contributed by atoms with E-state index in [1.807, 2.05) is 6.26 Å². The normalized spacial score (nSPS) is 12.7. The van der Waals surface area contributed by atoms with Crippen molar-refractivity contribution in [2.75, 3.05) is 18.6 Å². The minimum absolute atomic E-state index is 0.00440. The van der Waals surface area contributed by atoms with Crippen LogP contribution in [0.5, 0.6) is 0 Å². The van der Waals surface area contributed by atoms with Crippen molar-refractivity contribution in [3.05, 3.63) is 0 Å². The molecule has 7 heteroatoms. The number of nitrogens with two attached hydrogens (primary N) is 1. The number of thiocarbonyl (C=S) groups is 1. The number of rotatable bonds is 8. The Balaban J connectivity index is 4.47. The number of hydrogen-bond acceptors (Lipinski definition) is 4. The summed E-state index contributed by atoms with van der Waals surface area (Å²) in [6.07, 6.45) is 3.83. The molecule has 0 saturated heterocycles. The lowest BCUT2D eigenvalue weighted by Crippen LogP contribution is -2.42. The minimum atomic E-state index is -3.37. The summed E-state index contributed by atoms with van der Waals surface area (Å²) in [6, 6.07) is 0. The predicted molar refractivity (Wildman–Crippen MR) is 75.4 cm³/mol. The molecule has 0 unspecified atom stereocenters. The zero-order valence-electron chi connectivity index (χ0n) is 9.95. The number of sulfonamides is 1. The van der Waals surface area contributed by atoms with Crippen LogP contribution in [0, 0.1) is 0 Å². The molecule has 0 heterocycles. The van der Waals surface area contributed by atoms with E-state index < -0.39 is 10.0 Å². The van der Waals surface area contributed by atoms with Crippen molar-refractivity contribution >= 4 is 39.0 Å². The first-order valence-electron chi connectivity index (χ1n) is 5.11. The Morgan fingerprint density at radius 3 is 2.25 bits per heavy atom. The molecule has 0 radical (unpaired) electrons. The van der Waals surface area contributed by atoms with Crippen LogP contribution in [0.25, 0.3) is 0 Å². The van der Waals surface area contributed by atoms with Gasteiger partial charge in [-0.1, -0.05) is 26.1 Å². The van der Waals surface area contributed by atoms with Gasteiger partial charge in [0.15, 0.2) is 0 Å². The number of nitrogens with one attached hydrogen (secondary N) is 1. The van der Waals surface area contributed by atoms with Gasteiger partial charge in [0.05, 0.1) is 4.99 Å². The molecule has 0 saturated carbocycles. The monoisotopic (exact) mass is 284 g/mol. The fourth-order valence-electron chi connectivity index (χ4n) is 1.34. The third kappa shape index (κ3) is 5.47. The molecule has 0 fully saturated rings. The lowest BCUT2D eigenvalue weighted by atomic mass is 10.0. The molecule has 0 aromatic carbocycles. The highest BCUT2D eigenvalue weighted by atomic mass is 32.2. The average molecular weight is 284 g/mol. The molecule has 0 aliphatic rings. The van der Waals surface area contributed by atoms with Crippen molar-refractivity contribution in [2.45, 2.75) is 31.4 Å². The molecule has 96 valence electrons. The van der Waals surface area contributed by atoms with Crippen molar-refractivity contribution in [3.8, 4) is 0 Å². The van der Waals surface area contributed by atoms with E-state index in [1.165, 1.54) is 0 Å². The van der Waals surface area contributed by atoms with Crippen molar-refractivity contribution < 1.29 is 8.42 Å². The standard InChI is InChI=1S/C9H20N2O2S3/c1-4-9(5-2,15-3)7-11-16(12,13)6-8(10)14/h11H,4-7H2,1-3H3,(H2,10,14). The quantitative estimate of drug-likeness (QED) is 0.653. The summed E-state index contributed by atoms with van der Waals surface area (Å²) in [5.41, 5.74) is 5.22. The van der Waals surface area contributed by atoms with Crippen LogP contribution in [-0.4, -0.2) is 36.7 Å². The SMILES string of the molecule is CCC(CC)(CNS(=O)(=O)CC(N)=S)SC. The second-order valence-corrected chi connectivity index (χ2v) is 7.25. The summed E-state index contributed by atoms with van der Waals surface area (Å²) in [6.45, 7) is 4.54. The molecule has 0 amide bonds. The van der Waals surface area contributed by atoms with Gasteiger partial charge in [-0.25, -0.2) is 13.1 Å². The average Bonchev–Trinajstić information content (AvgIpc) is 2.19. The van der Waals surface area contributed by atoms with E-state index in [0.29, 0.717) is 6.54 Å². The maximum absolute atomic E-state index is 11.5. The lowest BCUT2D eigenvalue weighted by molar-refractivity contribution is 0.523. The van der Waals surface area contributed by atoms with Crippen LogP contribution < -0.4 is 10.5 Å². The third-order valence-electron chi connectivity index (χ3n) is 2.67. The largest absolute Gasteiger partial charge is 0.392 e. The van der Waals surface area contributed by atoms with Crippen LogP contribution in [0.4, 0.5) is 0 Å². The van der Waals surface area contributed by atoms with Gasteiger partial charge < -0.3 is 5.73 Å². The maximum atomic E-state index is 11.5. The number of thioether (sulfide) groups is 1. The first kappa shape index (κ1) is 16.1. The molecule has 4 nitrogen and oxygen atoms in total. The zero-order valence-corrected chi connectivity index (χ0v) is 12.4. The van der Waals surface area contributed by atoms with Gasteiger partial charge in [-0.05, 0) is 19.1 Å². The topological polar surface area (TPSA) is 72.2 Å². The summed E-state index contributed by atoms with van der Waals surface area (Å²) in [5, 5.41) is 0. The summed E-state index contributed by atoms with van der Waals surface area (Å²) in [7, 11) is -3.37. The van der Waals surface area contributed by atoms with Gasteiger partial charge in [0.1, 0.15) is 5.75 Å². The van der Waals surface area contributed by atoms with Gasteiger partial charge >= 0.3 is 0 Å². The summed E-state index contributed by atoms with van der Waals surface area (Å²) in [5.74, 6) is -0.278. The fraction of sp³-hybridized carbons (Fsp3) is 0.889. The van der Waals surface area contributed by atoms with Crippen molar-refractivity contribution in [2.24, 2.45) is 5.73 Å². The smallest absolute Gasteiger partial charge is 0.218 e. The third-order valence-corrected chi connectivity index (χ3v) is 5.86. The van der Waals surface area contributed by atoms with E-state index in [2.05, 4.69) is 30.8 Å². The maximum Gasteiger partial charge on any atom is 0.218 e. The summed E-state index contributed by atoms with van der Waals surface area (Å²) in [4.78, 5) is -0.00440. The van der Waals surface area contributed by atoms with Crippen LogP contribution in [0.2, 0.25) is 0 Å². The molecule has 0 bridgehead atoms. The first-order chi connectivity index (χ1) is 7.31. The second-order valence-electron chi connectivity index (χ2n) is 3.64. The molecular weight excluding hydrogens is 264 g/mol. The predicted octanol–water partition coefficient (Wildman–Crippen LogP) is 1.11. The fourth-order valence-corrected chi connectivity index (χ4v) is 3.66. The van der Waals surface area contributed by atoms with E-state index in [0.717, 1.165) is 12.8 Å². The van der Waals surface area contributed by atoms with Gasteiger partial charge in [0.2, 0.25) is 10.0 Å². The summed E-state index contributed by atoms with van der Waals surface area (Å²) >= 11 is 6.28. The molecule has 0 aliphatic heterocycles. The van der Waals surface area contributed by atoms with Gasteiger partial charge in [-0.3, -0.25) is 0 Å². The van der Waals surface area contributed by atoms with E-state index in [-0.39, 0.29) is 15.5 Å². The molecule has 0 aromatic rings. The first-order valence-corrected chi connectivity index (χ1v) is 8.40. The Morgan fingerprint density at radius 2 is 1.94 bits per heavy atom. The minimum Gasteiger partial charge on any atom is -0.392 e. The van der Waals surface area contributed by atoms with Gasteiger partial charge in [0, 0.05) is 11.3 Å². The van der Waals surface area contributed by atoms with Crippen LogP contribution in [0.1, 0.15) is 26.7 Å².